The van der Waals surface area contributed by atoms with Gasteiger partial charge in [0.1, 0.15) is 5.92 Å². The summed E-state index contributed by atoms with van der Waals surface area (Å²) in [5, 5.41) is 0. The molecule has 0 spiro atoms. The third kappa shape index (κ3) is 4.31. The van der Waals surface area contributed by atoms with E-state index in [2.05, 4.69) is 0 Å². The number of aryl methyl sites for hydroxylation is 1. The number of carbonyl (C=O) groups is 2. The fraction of sp³-hybridized carbons (Fsp3) is 0.529. The molecule has 21 heavy (non-hydrogen) atoms. The van der Waals surface area contributed by atoms with Crippen LogP contribution in [0.15, 0.2) is 24.3 Å². The van der Waals surface area contributed by atoms with Crippen molar-refractivity contribution in [1.29, 1.82) is 0 Å². The molecule has 0 N–H and O–H groups in total. The van der Waals surface area contributed by atoms with Gasteiger partial charge < -0.3 is 9.64 Å². The Balaban J connectivity index is 3.08. The Morgan fingerprint density at radius 1 is 1.29 bits per heavy atom. The van der Waals surface area contributed by atoms with Gasteiger partial charge in [-0.3, -0.25) is 9.59 Å². The molecule has 1 unspecified atom stereocenters. The van der Waals surface area contributed by atoms with Crippen molar-refractivity contribution in [2.24, 2.45) is 11.3 Å². The molecule has 0 aliphatic carbocycles. The van der Waals surface area contributed by atoms with Gasteiger partial charge in [-0.2, -0.15) is 0 Å². The number of esters is 1. The lowest BCUT2D eigenvalue weighted by atomic mass is 9.79. The average molecular weight is 291 g/mol. The molecular weight excluding hydrogens is 266 g/mol. The molecule has 0 fully saturated rings. The Bertz CT molecular complexity index is 517. The predicted octanol–water partition coefficient (Wildman–Crippen LogP) is 3.18. The van der Waals surface area contributed by atoms with E-state index in [0.717, 1.165) is 11.3 Å². The first-order valence-corrected chi connectivity index (χ1v) is 7.19. The lowest BCUT2D eigenvalue weighted by molar-refractivity contribution is -0.155. The van der Waals surface area contributed by atoms with E-state index in [4.69, 9.17) is 4.74 Å². The van der Waals surface area contributed by atoms with Crippen molar-refractivity contribution >= 4 is 17.6 Å². The number of hydrogen-bond acceptors (Lipinski definition) is 3. The largest absolute Gasteiger partial charge is 0.465 e. The van der Waals surface area contributed by atoms with Gasteiger partial charge in [0.25, 0.3) is 0 Å². The lowest BCUT2D eigenvalue weighted by Gasteiger charge is -2.31. The molecule has 1 rings (SSSR count). The van der Waals surface area contributed by atoms with Gasteiger partial charge in [0.15, 0.2) is 0 Å². The summed E-state index contributed by atoms with van der Waals surface area (Å²) in [5.74, 6) is -1.52. The fourth-order valence-corrected chi connectivity index (χ4v) is 2.21. The molecule has 0 heterocycles. The first-order valence-electron chi connectivity index (χ1n) is 7.19. The van der Waals surface area contributed by atoms with E-state index >= 15 is 0 Å². The molecule has 1 atom stereocenters. The van der Waals surface area contributed by atoms with Gasteiger partial charge in [0, 0.05) is 12.7 Å². The molecule has 1 aromatic rings. The number of amides is 1. The normalized spacial score (nSPS) is 12.7. The third-order valence-electron chi connectivity index (χ3n) is 3.35. The Labute approximate surface area is 127 Å². The minimum absolute atomic E-state index is 0.244. The van der Waals surface area contributed by atoms with Crippen LogP contribution in [0.5, 0.6) is 0 Å². The number of rotatable bonds is 4. The van der Waals surface area contributed by atoms with Crippen molar-refractivity contribution in [3.8, 4) is 0 Å². The summed E-state index contributed by atoms with van der Waals surface area (Å²) >= 11 is 0. The molecule has 4 heteroatoms. The molecular formula is C17H25NO3. The maximum atomic E-state index is 12.7. The Morgan fingerprint density at radius 2 is 1.90 bits per heavy atom. The molecule has 0 saturated carbocycles. The van der Waals surface area contributed by atoms with Crippen molar-refractivity contribution in [2.75, 3.05) is 18.6 Å². The standard InChI is InChI=1S/C17H25NO3/c1-7-21-16(20)14(17(3,4)5)15(19)18(6)13-10-8-9-12(2)11-13/h8-11,14H,7H2,1-6H3. The van der Waals surface area contributed by atoms with Crippen LogP contribution in [0.25, 0.3) is 0 Å². The van der Waals surface area contributed by atoms with Crippen LogP contribution in [-0.4, -0.2) is 25.5 Å². The molecule has 0 bridgehead atoms. The van der Waals surface area contributed by atoms with Crippen LogP contribution < -0.4 is 4.90 Å². The smallest absolute Gasteiger partial charge is 0.319 e. The second-order valence-corrected chi connectivity index (χ2v) is 6.29. The molecule has 0 aliphatic rings. The Hall–Kier alpha value is -1.84. The van der Waals surface area contributed by atoms with Gasteiger partial charge in [-0.05, 0) is 37.0 Å². The van der Waals surface area contributed by atoms with Crippen LogP contribution in [0.4, 0.5) is 5.69 Å². The highest BCUT2D eigenvalue weighted by Gasteiger charge is 2.40. The van der Waals surface area contributed by atoms with Crippen LogP contribution in [-0.2, 0) is 14.3 Å². The highest BCUT2D eigenvalue weighted by atomic mass is 16.5. The molecule has 1 amide bonds. The van der Waals surface area contributed by atoms with Gasteiger partial charge in [0.2, 0.25) is 5.91 Å². The zero-order valence-electron chi connectivity index (χ0n) is 13.8. The molecule has 0 saturated heterocycles. The summed E-state index contributed by atoms with van der Waals surface area (Å²) in [6, 6.07) is 7.64. The molecule has 1 aromatic carbocycles. The highest BCUT2D eigenvalue weighted by Crippen LogP contribution is 2.30. The highest BCUT2D eigenvalue weighted by molar-refractivity contribution is 6.06. The summed E-state index contributed by atoms with van der Waals surface area (Å²) in [5.41, 5.74) is 1.34. The maximum absolute atomic E-state index is 12.7. The molecule has 0 aromatic heterocycles. The minimum atomic E-state index is -0.817. The van der Waals surface area contributed by atoms with Crippen LogP contribution >= 0.6 is 0 Å². The van der Waals surface area contributed by atoms with Gasteiger partial charge in [-0.1, -0.05) is 32.9 Å². The van der Waals surface area contributed by atoms with E-state index in [1.54, 1.807) is 14.0 Å². The second-order valence-electron chi connectivity index (χ2n) is 6.29. The Kier molecular flexibility index (Phi) is 5.53. The molecule has 116 valence electrons. The molecule has 0 radical (unpaired) electrons. The van der Waals surface area contributed by atoms with Crippen molar-refractivity contribution in [2.45, 2.75) is 34.6 Å². The first kappa shape index (κ1) is 17.2. The summed E-state index contributed by atoms with van der Waals surface area (Å²) in [4.78, 5) is 26.4. The van der Waals surface area contributed by atoms with Crippen molar-refractivity contribution in [3.05, 3.63) is 29.8 Å². The van der Waals surface area contributed by atoms with E-state index in [1.165, 1.54) is 4.90 Å². The van der Waals surface area contributed by atoms with Gasteiger partial charge >= 0.3 is 5.97 Å². The number of benzene rings is 1. The van der Waals surface area contributed by atoms with E-state index in [0.29, 0.717) is 0 Å². The van der Waals surface area contributed by atoms with Crippen molar-refractivity contribution < 1.29 is 14.3 Å². The van der Waals surface area contributed by atoms with Gasteiger partial charge in [0.05, 0.1) is 6.61 Å². The number of hydrogen-bond donors (Lipinski definition) is 0. The maximum Gasteiger partial charge on any atom is 0.319 e. The van der Waals surface area contributed by atoms with Crippen molar-refractivity contribution in [1.82, 2.24) is 0 Å². The monoisotopic (exact) mass is 291 g/mol. The topological polar surface area (TPSA) is 46.6 Å². The van der Waals surface area contributed by atoms with Crippen LogP contribution in [0, 0.1) is 18.3 Å². The predicted molar refractivity (Wildman–Crippen MR) is 84.2 cm³/mol. The SMILES string of the molecule is CCOC(=O)C(C(=O)N(C)c1cccc(C)c1)C(C)(C)C. The fourth-order valence-electron chi connectivity index (χ4n) is 2.21. The summed E-state index contributed by atoms with van der Waals surface area (Å²) in [6.45, 7) is 9.59. The van der Waals surface area contributed by atoms with Crippen LogP contribution in [0.3, 0.4) is 0 Å². The van der Waals surface area contributed by atoms with Crippen LogP contribution in [0.2, 0.25) is 0 Å². The third-order valence-corrected chi connectivity index (χ3v) is 3.35. The van der Waals surface area contributed by atoms with Gasteiger partial charge in [-0.15, -0.1) is 0 Å². The molecule has 0 aliphatic heterocycles. The summed E-state index contributed by atoms with van der Waals surface area (Å²) in [7, 11) is 1.69. The number of carbonyl (C=O) groups excluding carboxylic acids is 2. The number of anilines is 1. The van der Waals surface area contributed by atoms with E-state index in [9.17, 15) is 9.59 Å². The average Bonchev–Trinajstić information content (AvgIpc) is 2.36. The summed E-state index contributed by atoms with van der Waals surface area (Å²) in [6.07, 6.45) is 0. The number of nitrogens with zero attached hydrogens (tertiary/aromatic N) is 1. The quantitative estimate of drug-likeness (QED) is 0.632. The van der Waals surface area contributed by atoms with Crippen molar-refractivity contribution in [3.63, 3.8) is 0 Å². The number of ether oxygens (including phenoxy) is 1. The second kappa shape index (κ2) is 6.74. The Morgan fingerprint density at radius 3 is 2.38 bits per heavy atom. The lowest BCUT2D eigenvalue weighted by Crippen LogP contribution is -2.44. The van der Waals surface area contributed by atoms with Gasteiger partial charge in [-0.25, -0.2) is 0 Å². The summed E-state index contributed by atoms with van der Waals surface area (Å²) < 4.78 is 5.07. The zero-order valence-corrected chi connectivity index (χ0v) is 13.8. The first-order chi connectivity index (χ1) is 9.68. The zero-order chi connectivity index (χ0) is 16.2. The minimum Gasteiger partial charge on any atom is -0.465 e. The van der Waals surface area contributed by atoms with E-state index < -0.39 is 17.3 Å². The van der Waals surface area contributed by atoms with E-state index in [1.807, 2.05) is 52.0 Å². The van der Waals surface area contributed by atoms with E-state index in [-0.39, 0.29) is 12.5 Å². The molecule has 4 nitrogen and oxygen atoms in total. The van der Waals surface area contributed by atoms with Crippen LogP contribution in [0.1, 0.15) is 33.3 Å².